The van der Waals surface area contributed by atoms with Gasteiger partial charge in [0.15, 0.2) is 11.6 Å². The zero-order valence-corrected chi connectivity index (χ0v) is 14.3. The summed E-state index contributed by atoms with van der Waals surface area (Å²) < 4.78 is 7.66. The average Bonchev–Trinajstić information content (AvgIpc) is 3.15. The third-order valence-electron chi connectivity index (χ3n) is 3.41. The highest BCUT2D eigenvalue weighted by Gasteiger charge is 2.20. The molecule has 0 radical (unpaired) electrons. The predicted molar refractivity (Wildman–Crippen MR) is 91.6 cm³/mol. The number of thioether (sulfide) groups is 1. The number of hydrogen-bond donors (Lipinski definition) is 0. The number of halogens is 2. The van der Waals surface area contributed by atoms with Gasteiger partial charge >= 0.3 is 0 Å². The van der Waals surface area contributed by atoms with Gasteiger partial charge in [-0.15, -0.1) is 10.2 Å². The number of fused-ring (bicyclic) bond motifs is 1. The van der Waals surface area contributed by atoms with E-state index in [1.807, 2.05) is 25.1 Å². The fraction of sp³-hybridized carbons (Fsp3) is 0.133. The first-order chi connectivity index (χ1) is 11.1. The number of aromatic nitrogens is 3. The van der Waals surface area contributed by atoms with Gasteiger partial charge in [-0.2, -0.15) is 9.78 Å². The first-order valence-electron chi connectivity index (χ1n) is 6.80. The van der Waals surface area contributed by atoms with Crippen LogP contribution in [0.1, 0.15) is 11.6 Å². The highest BCUT2D eigenvalue weighted by atomic mass is 35.5. The van der Waals surface area contributed by atoms with Crippen molar-refractivity contribution in [1.82, 2.24) is 14.9 Å². The van der Waals surface area contributed by atoms with Crippen LogP contribution in [0.4, 0.5) is 0 Å². The van der Waals surface area contributed by atoms with Crippen LogP contribution in [0, 0.1) is 6.92 Å². The van der Waals surface area contributed by atoms with Gasteiger partial charge in [0.25, 0.3) is 0 Å². The number of aryl methyl sites for hydroxylation is 1. The third kappa shape index (κ3) is 2.67. The second kappa shape index (κ2) is 5.70. The van der Waals surface area contributed by atoms with Gasteiger partial charge in [0.1, 0.15) is 11.5 Å². The van der Waals surface area contributed by atoms with Gasteiger partial charge in [0.05, 0.1) is 5.02 Å². The molecule has 0 N–H and O–H groups in total. The maximum atomic E-state index is 6.23. The number of rotatable bonds is 2. The Morgan fingerprint density at radius 1 is 1.13 bits per heavy atom. The van der Waals surface area contributed by atoms with Crippen LogP contribution in [0.25, 0.3) is 11.3 Å². The van der Waals surface area contributed by atoms with E-state index in [4.69, 9.17) is 27.6 Å². The second-order valence-corrected chi connectivity index (χ2v) is 6.75. The Morgan fingerprint density at radius 3 is 2.78 bits per heavy atom. The minimum Gasteiger partial charge on any atom is -0.455 e. The molecule has 0 aliphatic carbocycles. The molecule has 0 fully saturated rings. The summed E-state index contributed by atoms with van der Waals surface area (Å²) in [6, 6.07) is 9.09. The molecule has 116 valence electrons. The van der Waals surface area contributed by atoms with Crippen molar-refractivity contribution in [2.24, 2.45) is 5.10 Å². The van der Waals surface area contributed by atoms with Crippen molar-refractivity contribution in [1.29, 1.82) is 0 Å². The van der Waals surface area contributed by atoms with Crippen LogP contribution in [0.3, 0.4) is 0 Å². The molecule has 3 heterocycles. The van der Waals surface area contributed by atoms with E-state index in [0.717, 1.165) is 22.3 Å². The fourth-order valence-electron chi connectivity index (χ4n) is 2.27. The lowest BCUT2D eigenvalue weighted by Gasteiger charge is -2.11. The summed E-state index contributed by atoms with van der Waals surface area (Å²) in [4.78, 5) is 0. The molecule has 0 saturated carbocycles. The summed E-state index contributed by atoms with van der Waals surface area (Å²) >= 11 is 13.7. The lowest BCUT2D eigenvalue weighted by atomic mass is 10.2. The Labute approximate surface area is 146 Å². The average molecular weight is 365 g/mol. The zero-order valence-electron chi connectivity index (χ0n) is 12.0. The van der Waals surface area contributed by atoms with Crippen molar-refractivity contribution in [3.05, 3.63) is 52.0 Å². The number of benzene rings is 1. The van der Waals surface area contributed by atoms with E-state index < -0.39 is 0 Å². The normalized spacial score (nSPS) is 13.8. The van der Waals surface area contributed by atoms with Crippen molar-refractivity contribution >= 4 is 40.7 Å². The van der Waals surface area contributed by atoms with Gasteiger partial charge in [-0.25, -0.2) is 0 Å². The molecule has 5 nitrogen and oxygen atoms in total. The van der Waals surface area contributed by atoms with Gasteiger partial charge in [-0.1, -0.05) is 35.0 Å². The first kappa shape index (κ1) is 14.8. The largest absolute Gasteiger partial charge is 0.455 e. The molecule has 1 aromatic carbocycles. The van der Waals surface area contributed by atoms with Gasteiger partial charge in [-0.3, -0.25) is 0 Å². The molecule has 0 atom stereocenters. The molecule has 0 bridgehead atoms. The second-order valence-electron chi connectivity index (χ2n) is 4.97. The van der Waals surface area contributed by atoms with Crippen molar-refractivity contribution < 1.29 is 4.42 Å². The Balaban J connectivity index is 1.71. The first-order valence-corrected chi connectivity index (χ1v) is 8.54. The molecular weight excluding hydrogens is 355 g/mol. The minimum atomic E-state index is 0.551. The van der Waals surface area contributed by atoms with Gasteiger partial charge < -0.3 is 4.42 Å². The van der Waals surface area contributed by atoms with E-state index >= 15 is 0 Å². The van der Waals surface area contributed by atoms with Crippen LogP contribution in [-0.4, -0.2) is 26.3 Å². The lowest BCUT2D eigenvalue weighted by molar-refractivity contribution is 0.569. The Kier molecular flexibility index (Phi) is 3.67. The van der Waals surface area contributed by atoms with Crippen LogP contribution in [0.15, 0.2) is 45.0 Å². The van der Waals surface area contributed by atoms with E-state index in [1.54, 1.807) is 28.6 Å². The van der Waals surface area contributed by atoms with E-state index in [-0.39, 0.29) is 0 Å². The van der Waals surface area contributed by atoms with Gasteiger partial charge in [0.2, 0.25) is 5.16 Å². The van der Waals surface area contributed by atoms with Crippen LogP contribution in [0.2, 0.25) is 10.0 Å². The molecule has 3 aromatic rings. The summed E-state index contributed by atoms with van der Waals surface area (Å²) in [6.07, 6.45) is 0. The summed E-state index contributed by atoms with van der Waals surface area (Å²) in [6.45, 7) is 1.87. The lowest BCUT2D eigenvalue weighted by Crippen LogP contribution is -2.13. The summed E-state index contributed by atoms with van der Waals surface area (Å²) in [5, 5.41) is 14.6. The SMILES string of the molecule is Cc1nnc2n1N=C(c1ccc(-c3ccc(Cl)cc3Cl)o1)CS2. The van der Waals surface area contributed by atoms with Crippen molar-refractivity contribution in [3.8, 4) is 11.3 Å². The topological polar surface area (TPSA) is 56.2 Å². The Morgan fingerprint density at radius 2 is 1.96 bits per heavy atom. The molecule has 4 rings (SSSR count). The Hall–Kier alpha value is -1.76. The summed E-state index contributed by atoms with van der Waals surface area (Å²) in [5.74, 6) is 2.81. The Bertz CT molecular complexity index is 931. The molecule has 8 heteroatoms. The van der Waals surface area contributed by atoms with E-state index in [9.17, 15) is 0 Å². The summed E-state index contributed by atoms with van der Waals surface area (Å²) in [7, 11) is 0. The predicted octanol–water partition coefficient (Wildman–Crippen LogP) is 4.51. The smallest absolute Gasteiger partial charge is 0.212 e. The number of hydrogen-bond acceptors (Lipinski definition) is 5. The van der Waals surface area contributed by atoms with Crippen LogP contribution >= 0.6 is 35.0 Å². The molecule has 0 unspecified atom stereocenters. The monoisotopic (exact) mass is 364 g/mol. The zero-order chi connectivity index (χ0) is 16.0. The minimum absolute atomic E-state index is 0.551. The van der Waals surface area contributed by atoms with Crippen molar-refractivity contribution in [2.75, 3.05) is 5.75 Å². The summed E-state index contributed by atoms with van der Waals surface area (Å²) in [5.41, 5.74) is 1.63. The van der Waals surface area contributed by atoms with Crippen molar-refractivity contribution in [2.45, 2.75) is 12.1 Å². The van der Waals surface area contributed by atoms with E-state index in [1.165, 1.54) is 0 Å². The molecule has 2 aromatic heterocycles. The quantitative estimate of drug-likeness (QED) is 0.670. The molecule has 0 spiro atoms. The van der Waals surface area contributed by atoms with Crippen LogP contribution in [-0.2, 0) is 0 Å². The molecule has 1 aliphatic rings. The maximum absolute atomic E-state index is 6.23. The fourth-order valence-corrected chi connectivity index (χ4v) is 3.63. The number of furan rings is 1. The molecule has 0 amide bonds. The standard InChI is InChI=1S/C15H10Cl2N4OS/c1-8-18-19-15-21(8)20-12(7-23-15)14-5-4-13(22-14)10-3-2-9(16)6-11(10)17/h2-6H,7H2,1H3. The molecule has 0 saturated heterocycles. The van der Waals surface area contributed by atoms with Crippen molar-refractivity contribution in [3.63, 3.8) is 0 Å². The van der Waals surface area contributed by atoms with E-state index in [2.05, 4.69) is 15.3 Å². The third-order valence-corrected chi connectivity index (χ3v) is 4.89. The van der Waals surface area contributed by atoms with Crippen LogP contribution in [0.5, 0.6) is 0 Å². The highest BCUT2D eigenvalue weighted by Crippen LogP contribution is 2.32. The molecular formula is C15H10Cl2N4OS. The van der Waals surface area contributed by atoms with Gasteiger partial charge in [-0.05, 0) is 37.3 Å². The molecule has 1 aliphatic heterocycles. The van der Waals surface area contributed by atoms with Crippen LogP contribution < -0.4 is 0 Å². The molecule has 23 heavy (non-hydrogen) atoms. The van der Waals surface area contributed by atoms with Gasteiger partial charge in [0, 0.05) is 16.3 Å². The maximum Gasteiger partial charge on any atom is 0.212 e. The highest BCUT2D eigenvalue weighted by molar-refractivity contribution is 7.99. The number of nitrogens with zero attached hydrogens (tertiary/aromatic N) is 4. The van der Waals surface area contributed by atoms with E-state index in [0.29, 0.717) is 27.3 Å².